The fourth-order valence-electron chi connectivity index (χ4n) is 6.54. The lowest BCUT2D eigenvalue weighted by Crippen LogP contribution is -2.66. The number of aromatic amines is 1. The van der Waals surface area contributed by atoms with Crippen LogP contribution in [0.25, 0.3) is 10.9 Å². The van der Waals surface area contributed by atoms with E-state index in [2.05, 4.69) is 20.9 Å². The van der Waals surface area contributed by atoms with E-state index >= 15 is 0 Å². The first kappa shape index (κ1) is 45.0. The van der Waals surface area contributed by atoms with Crippen molar-refractivity contribution >= 4 is 69.2 Å². The zero-order valence-electron chi connectivity index (χ0n) is 32.1. The number of carboxylic acid groups (broad SMARTS) is 1. The molecule has 0 bridgehead atoms. The van der Waals surface area contributed by atoms with E-state index in [-0.39, 0.29) is 30.2 Å². The number of nitrogens with one attached hydrogen (secondary N) is 4. The number of amides is 3. The molecule has 1 unspecified atom stereocenters. The smallest absolute Gasteiger partial charge is 0.405 e. The van der Waals surface area contributed by atoms with E-state index in [1.54, 1.807) is 31.4 Å². The van der Waals surface area contributed by atoms with Gasteiger partial charge in [0.15, 0.2) is 0 Å². The number of halogens is 2. The molecule has 0 saturated carbocycles. The number of benzene rings is 2. The highest BCUT2D eigenvalue weighted by Gasteiger charge is 2.46. The summed E-state index contributed by atoms with van der Waals surface area (Å²) in [7, 11) is 1.62. The summed E-state index contributed by atoms with van der Waals surface area (Å²) in [4.78, 5) is 43.9. The third kappa shape index (κ3) is 12.9. The van der Waals surface area contributed by atoms with E-state index in [0.717, 1.165) is 22.2 Å². The van der Waals surface area contributed by atoms with Gasteiger partial charge in [0.05, 0.1) is 67.8 Å². The molecule has 17 heteroatoms. The predicted molar refractivity (Wildman–Crippen MR) is 219 cm³/mol. The Labute approximate surface area is 342 Å². The fourth-order valence-corrected chi connectivity index (χ4v) is 7.38. The Morgan fingerprint density at radius 1 is 0.982 bits per heavy atom. The van der Waals surface area contributed by atoms with E-state index in [4.69, 9.17) is 64.8 Å². The molecule has 4 rings (SSSR count). The molecule has 7 N–H and O–H groups in total. The number of thiocarbonyl (C=S) groups is 1. The molecule has 3 amide bonds. The van der Waals surface area contributed by atoms with Crippen molar-refractivity contribution in [3.8, 4) is 5.75 Å². The molecule has 1 aliphatic rings. The summed E-state index contributed by atoms with van der Waals surface area (Å²) in [6.45, 7) is 7.56. The topological polar surface area (TPSA) is 195 Å². The van der Waals surface area contributed by atoms with Crippen LogP contribution >= 0.6 is 35.4 Å². The third-order valence-electron chi connectivity index (χ3n) is 9.84. The van der Waals surface area contributed by atoms with E-state index in [1.807, 2.05) is 26.0 Å². The van der Waals surface area contributed by atoms with Crippen LogP contribution in [0.3, 0.4) is 0 Å². The average Bonchev–Trinajstić information content (AvgIpc) is 3.53. The summed E-state index contributed by atoms with van der Waals surface area (Å²) in [5.41, 5.74) is 7.79. The number of carbonyl (C=O) groups excluding carboxylic acids is 2. The van der Waals surface area contributed by atoms with Gasteiger partial charge in [-0.2, -0.15) is 0 Å². The standard InChI is InChI=1S/C39H53Cl2N5O9S/c1-4-24(2)33(35(42)56)45-37(48)39(12-11-31-29(23-39)28-21-26(40)22-30(41)34(28)43-31)46-36(47)32(44-38(49)50)10-7-25-5-8-27(9-6-25)55-20-19-54-18-17-53-16-15-52-14-13-51-3/h5-6,8-9,21-22,24,32-33,43-44H,4,7,10-20,23H2,1-3H3,(H2,42,56)(H,45,48)(H,46,47)(H,49,50)/t24-,32?,33-,39+/m0/s1. The first-order chi connectivity index (χ1) is 26.9. The number of fused-ring (bicyclic) bond motifs is 3. The summed E-state index contributed by atoms with van der Waals surface area (Å²) < 4.78 is 27.0. The van der Waals surface area contributed by atoms with Crippen molar-refractivity contribution in [2.75, 3.05) is 60.0 Å². The van der Waals surface area contributed by atoms with Crippen molar-refractivity contribution in [3.05, 3.63) is 63.3 Å². The van der Waals surface area contributed by atoms with Gasteiger partial charge < -0.3 is 55.5 Å². The van der Waals surface area contributed by atoms with Crippen molar-refractivity contribution in [2.24, 2.45) is 11.7 Å². The first-order valence-electron chi connectivity index (χ1n) is 18.7. The van der Waals surface area contributed by atoms with E-state index in [1.165, 1.54) is 0 Å². The molecule has 0 aliphatic heterocycles. The van der Waals surface area contributed by atoms with Crippen LogP contribution in [-0.2, 0) is 47.8 Å². The normalized spacial score (nSPS) is 16.7. The number of aryl methyl sites for hydroxylation is 2. The Bertz CT molecular complexity index is 1780. The molecule has 0 fully saturated rings. The Morgan fingerprint density at radius 2 is 1.62 bits per heavy atom. The number of hydrogen-bond acceptors (Lipinski definition) is 9. The number of rotatable bonds is 24. The summed E-state index contributed by atoms with van der Waals surface area (Å²) in [5, 5.41) is 19.6. The molecule has 56 heavy (non-hydrogen) atoms. The molecule has 0 spiro atoms. The van der Waals surface area contributed by atoms with Gasteiger partial charge >= 0.3 is 6.09 Å². The molecule has 1 aromatic heterocycles. The number of nitrogens with two attached hydrogens (primary N) is 1. The zero-order chi connectivity index (χ0) is 40.7. The number of methoxy groups -OCH3 is 1. The summed E-state index contributed by atoms with van der Waals surface area (Å²) in [6.07, 6.45) is 0.505. The molecule has 1 heterocycles. The Balaban J connectivity index is 1.39. The van der Waals surface area contributed by atoms with Crippen molar-refractivity contribution < 1.29 is 43.2 Å². The highest BCUT2D eigenvalue weighted by Crippen LogP contribution is 2.38. The van der Waals surface area contributed by atoms with Gasteiger partial charge in [-0.25, -0.2) is 4.79 Å². The Kier molecular flexibility index (Phi) is 17.9. The van der Waals surface area contributed by atoms with Crippen molar-refractivity contribution in [1.82, 2.24) is 20.9 Å². The van der Waals surface area contributed by atoms with Gasteiger partial charge in [-0.15, -0.1) is 0 Å². The van der Waals surface area contributed by atoms with Crippen LogP contribution < -0.4 is 26.4 Å². The second kappa shape index (κ2) is 22.3. The number of ether oxygens (including phenoxy) is 5. The van der Waals surface area contributed by atoms with E-state index < -0.39 is 35.5 Å². The van der Waals surface area contributed by atoms with Gasteiger partial charge in [0.2, 0.25) is 11.8 Å². The molecule has 3 aromatic rings. The van der Waals surface area contributed by atoms with Crippen molar-refractivity contribution in [3.63, 3.8) is 0 Å². The molecule has 308 valence electrons. The van der Waals surface area contributed by atoms with Gasteiger partial charge in [0.25, 0.3) is 0 Å². The fraction of sp³-hybridized carbons (Fsp3) is 0.538. The lowest BCUT2D eigenvalue weighted by molar-refractivity contribution is -0.135. The zero-order valence-corrected chi connectivity index (χ0v) is 34.4. The predicted octanol–water partition coefficient (Wildman–Crippen LogP) is 4.98. The van der Waals surface area contributed by atoms with Gasteiger partial charge in [-0.3, -0.25) is 9.59 Å². The van der Waals surface area contributed by atoms with Crippen LogP contribution in [0.1, 0.15) is 49.9 Å². The van der Waals surface area contributed by atoms with Gasteiger partial charge in [0.1, 0.15) is 23.9 Å². The summed E-state index contributed by atoms with van der Waals surface area (Å²) in [5.74, 6) is -0.552. The largest absolute Gasteiger partial charge is 0.491 e. The first-order valence-corrected chi connectivity index (χ1v) is 19.9. The van der Waals surface area contributed by atoms with Crippen LogP contribution in [0, 0.1) is 5.92 Å². The molecule has 4 atom stereocenters. The Hall–Kier alpha value is -3.70. The van der Waals surface area contributed by atoms with Crippen LogP contribution in [0.2, 0.25) is 10.0 Å². The van der Waals surface area contributed by atoms with Crippen LogP contribution in [0.5, 0.6) is 5.75 Å². The molecule has 0 saturated heterocycles. The minimum atomic E-state index is -1.47. The highest BCUT2D eigenvalue weighted by atomic mass is 35.5. The number of H-pyrrole nitrogens is 1. The van der Waals surface area contributed by atoms with Crippen LogP contribution in [0.15, 0.2) is 36.4 Å². The van der Waals surface area contributed by atoms with Crippen LogP contribution in [0.4, 0.5) is 4.79 Å². The van der Waals surface area contributed by atoms with E-state index in [9.17, 15) is 19.5 Å². The number of carbonyl (C=O) groups is 3. The van der Waals surface area contributed by atoms with Gasteiger partial charge in [0, 0.05) is 29.6 Å². The lowest BCUT2D eigenvalue weighted by atomic mass is 9.78. The lowest BCUT2D eigenvalue weighted by Gasteiger charge is -2.39. The van der Waals surface area contributed by atoms with Gasteiger partial charge in [-0.1, -0.05) is 67.8 Å². The monoisotopic (exact) mass is 837 g/mol. The molecule has 0 radical (unpaired) electrons. The van der Waals surface area contributed by atoms with Crippen LogP contribution in [-0.4, -0.2) is 111 Å². The maximum atomic E-state index is 14.4. The second-order valence-corrected chi connectivity index (χ2v) is 15.1. The summed E-state index contributed by atoms with van der Waals surface area (Å²) in [6, 6.07) is 8.91. The Morgan fingerprint density at radius 3 is 2.23 bits per heavy atom. The molecular weight excluding hydrogens is 785 g/mol. The van der Waals surface area contributed by atoms with E-state index in [0.29, 0.717) is 93.4 Å². The summed E-state index contributed by atoms with van der Waals surface area (Å²) >= 11 is 18.2. The third-order valence-corrected chi connectivity index (χ3v) is 10.6. The molecule has 1 aliphatic carbocycles. The second-order valence-electron chi connectivity index (χ2n) is 13.7. The maximum absolute atomic E-state index is 14.4. The maximum Gasteiger partial charge on any atom is 0.405 e. The number of aromatic nitrogens is 1. The minimum Gasteiger partial charge on any atom is -0.491 e. The molecule has 2 aromatic carbocycles. The minimum absolute atomic E-state index is 0.0754. The average molecular weight is 839 g/mol. The van der Waals surface area contributed by atoms with Gasteiger partial charge in [-0.05, 0) is 67.0 Å². The molecular formula is C39H53Cl2N5O9S. The van der Waals surface area contributed by atoms with Crippen molar-refractivity contribution in [1.29, 1.82) is 0 Å². The highest BCUT2D eigenvalue weighted by molar-refractivity contribution is 7.80. The SMILES string of the molecule is CC[C@H](C)[C@H](NC(=O)[C@@]1(NC(=O)C(CCc2ccc(OCCOCCOCCOCCOC)cc2)NC(=O)O)CCc2[nH]c3c(Cl)cc(Cl)cc3c2C1)C(N)=S. The number of hydrogen-bond donors (Lipinski definition) is 6. The van der Waals surface area contributed by atoms with Crippen molar-refractivity contribution in [2.45, 2.75) is 70.0 Å². The molecule has 14 nitrogen and oxygen atoms in total. The quantitative estimate of drug-likeness (QED) is 0.0526.